The molecule has 1 aliphatic heterocycles. The molecule has 25 heavy (non-hydrogen) atoms. The summed E-state index contributed by atoms with van der Waals surface area (Å²) in [7, 11) is 0. The molecule has 132 valence electrons. The van der Waals surface area contributed by atoms with Gasteiger partial charge >= 0.3 is 0 Å². The van der Waals surface area contributed by atoms with Crippen LogP contribution in [0.25, 0.3) is 0 Å². The molecule has 1 N–H and O–H groups in total. The second-order valence-corrected chi connectivity index (χ2v) is 8.21. The lowest BCUT2D eigenvalue weighted by atomic mass is 9.96. The van der Waals surface area contributed by atoms with E-state index in [0.29, 0.717) is 6.54 Å². The van der Waals surface area contributed by atoms with Gasteiger partial charge in [0.25, 0.3) is 5.91 Å². The summed E-state index contributed by atoms with van der Waals surface area (Å²) in [6.07, 6.45) is 1.69. The zero-order valence-electron chi connectivity index (χ0n) is 14.1. The number of nitrogens with zero attached hydrogens (tertiary/aromatic N) is 1. The molecule has 6 heteroatoms. The Morgan fingerprint density at radius 3 is 2.72 bits per heavy atom. The van der Waals surface area contributed by atoms with E-state index in [-0.39, 0.29) is 23.8 Å². The largest absolute Gasteiger partial charge is 0.349 e. The van der Waals surface area contributed by atoms with E-state index in [1.165, 1.54) is 11.3 Å². The minimum Gasteiger partial charge on any atom is -0.349 e. The molecule has 0 radical (unpaired) electrons. The van der Waals surface area contributed by atoms with Gasteiger partial charge in [-0.3, -0.25) is 9.59 Å². The van der Waals surface area contributed by atoms with Gasteiger partial charge in [0.15, 0.2) is 0 Å². The van der Waals surface area contributed by atoms with E-state index in [1.54, 1.807) is 0 Å². The number of piperidine rings is 1. The number of nitrogens with one attached hydrogen (secondary N) is 1. The van der Waals surface area contributed by atoms with Gasteiger partial charge in [-0.2, -0.15) is 0 Å². The highest BCUT2D eigenvalue weighted by atomic mass is 79.9. The van der Waals surface area contributed by atoms with Crippen molar-refractivity contribution in [3.8, 4) is 0 Å². The number of halogens is 1. The molecule has 1 aromatic carbocycles. The van der Waals surface area contributed by atoms with Crippen molar-refractivity contribution in [2.45, 2.75) is 25.8 Å². The molecule has 3 rings (SSSR count). The Hall–Kier alpha value is -1.66. The molecule has 1 fully saturated rings. The van der Waals surface area contributed by atoms with E-state index >= 15 is 0 Å². The number of benzene rings is 1. The summed E-state index contributed by atoms with van der Waals surface area (Å²) in [5, 5.41) is 4.99. The summed E-state index contributed by atoms with van der Waals surface area (Å²) < 4.78 is 1.02. The molecule has 0 unspecified atom stereocenters. The number of rotatable bonds is 4. The van der Waals surface area contributed by atoms with Gasteiger partial charge in [-0.25, -0.2) is 0 Å². The summed E-state index contributed by atoms with van der Waals surface area (Å²) in [6.45, 7) is 3.21. The van der Waals surface area contributed by atoms with Crippen LogP contribution in [-0.4, -0.2) is 29.8 Å². The van der Waals surface area contributed by atoms with Gasteiger partial charge in [0.05, 0.1) is 16.8 Å². The fraction of sp³-hybridized carbons (Fsp3) is 0.368. The zero-order chi connectivity index (χ0) is 17.8. The van der Waals surface area contributed by atoms with E-state index in [9.17, 15) is 9.59 Å². The predicted molar refractivity (Wildman–Crippen MR) is 104 cm³/mol. The van der Waals surface area contributed by atoms with Crippen molar-refractivity contribution >= 4 is 39.1 Å². The standard InChI is InChI=1S/C19H21BrN2O2S/c1-13(14-6-8-16(20)9-7-14)21-18(23)15-4-2-10-22(12-15)19(24)17-5-3-11-25-17/h3,5-9,11,13,15H,2,4,10,12H2,1H3,(H,21,23)/t13-,15+/m0/s1. The van der Waals surface area contributed by atoms with Gasteiger partial charge in [0, 0.05) is 17.6 Å². The highest BCUT2D eigenvalue weighted by Crippen LogP contribution is 2.22. The number of hydrogen-bond donors (Lipinski definition) is 1. The minimum atomic E-state index is -0.143. The number of hydrogen-bond acceptors (Lipinski definition) is 3. The van der Waals surface area contributed by atoms with Crippen molar-refractivity contribution in [1.82, 2.24) is 10.2 Å². The SMILES string of the molecule is C[C@H](NC(=O)[C@@H]1CCCN(C(=O)c2cccs2)C1)c1ccc(Br)cc1. The van der Waals surface area contributed by atoms with E-state index in [1.807, 2.05) is 53.6 Å². The van der Waals surface area contributed by atoms with Gasteiger partial charge in [0.2, 0.25) is 5.91 Å². The van der Waals surface area contributed by atoms with Crippen molar-refractivity contribution in [3.63, 3.8) is 0 Å². The third-order valence-electron chi connectivity index (χ3n) is 4.54. The molecule has 4 nitrogen and oxygen atoms in total. The average Bonchev–Trinajstić information content (AvgIpc) is 3.16. The Bertz CT molecular complexity index is 730. The molecular weight excluding hydrogens is 400 g/mol. The molecule has 1 saturated heterocycles. The quantitative estimate of drug-likeness (QED) is 0.803. The first kappa shape index (κ1) is 18.1. The second kappa shape index (κ2) is 8.15. The molecule has 0 bridgehead atoms. The van der Waals surface area contributed by atoms with Crippen LogP contribution in [0.5, 0.6) is 0 Å². The van der Waals surface area contributed by atoms with Crippen LogP contribution in [0.3, 0.4) is 0 Å². The Kier molecular flexibility index (Phi) is 5.91. The van der Waals surface area contributed by atoms with Gasteiger partial charge in [0.1, 0.15) is 0 Å². The van der Waals surface area contributed by atoms with Crippen LogP contribution in [0.15, 0.2) is 46.3 Å². The first-order chi connectivity index (χ1) is 12.0. The van der Waals surface area contributed by atoms with E-state index in [0.717, 1.165) is 34.3 Å². The summed E-state index contributed by atoms with van der Waals surface area (Å²) in [6, 6.07) is 11.6. The van der Waals surface area contributed by atoms with Crippen molar-refractivity contribution in [1.29, 1.82) is 0 Å². The Morgan fingerprint density at radius 2 is 2.04 bits per heavy atom. The molecule has 2 atom stereocenters. The first-order valence-corrected chi connectivity index (χ1v) is 10.1. The fourth-order valence-electron chi connectivity index (χ4n) is 3.10. The normalized spacial score (nSPS) is 18.6. The monoisotopic (exact) mass is 420 g/mol. The van der Waals surface area contributed by atoms with Crippen molar-refractivity contribution in [3.05, 3.63) is 56.7 Å². The summed E-state index contributed by atoms with van der Waals surface area (Å²) in [5.74, 6) is -0.0804. The van der Waals surface area contributed by atoms with Crippen LogP contribution in [-0.2, 0) is 4.79 Å². The lowest BCUT2D eigenvalue weighted by molar-refractivity contribution is -0.127. The Morgan fingerprint density at radius 1 is 1.28 bits per heavy atom. The molecular formula is C19H21BrN2O2S. The molecule has 2 heterocycles. The fourth-order valence-corrected chi connectivity index (χ4v) is 4.05. The van der Waals surface area contributed by atoms with E-state index < -0.39 is 0 Å². The van der Waals surface area contributed by atoms with Crippen LogP contribution in [0.2, 0.25) is 0 Å². The topological polar surface area (TPSA) is 49.4 Å². The number of carbonyl (C=O) groups excluding carboxylic acids is 2. The molecule has 1 aliphatic rings. The third kappa shape index (κ3) is 4.50. The highest BCUT2D eigenvalue weighted by molar-refractivity contribution is 9.10. The van der Waals surface area contributed by atoms with Crippen LogP contribution in [0, 0.1) is 5.92 Å². The second-order valence-electron chi connectivity index (χ2n) is 6.35. The van der Waals surface area contributed by atoms with Crippen LogP contribution in [0.4, 0.5) is 0 Å². The van der Waals surface area contributed by atoms with Gasteiger partial charge in [-0.05, 0) is 48.9 Å². The number of likely N-dealkylation sites (tertiary alicyclic amines) is 1. The Labute approximate surface area is 160 Å². The molecule has 2 aromatic rings. The first-order valence-electron chi connectivity index (χ1n) is 8.43. The predicted octanol–water partition coefficient (Wildman–Crippen LogP) is 4.24. The maximum atomic E-state index is 12.6. The smallest absolute Gasteiger partial charge is 0.263 e. The van der Waals surface area contributed by atoms with Crippen LogP contribution < -0.4 is 5.32 Å². The molecule has 0 aliphatic carbocycles. The van der Waals surface area contributed by atoms with E-state index in [4.69, 9.17) is 0 Å². The van der Waals surface area contributed by atoms with Crippen molar-refractivity contribution in [2.24, 2.45) is 5.92 Å². The average molecular weight is 421 g/mol. The lowest BCUT2D eigenvalue weighted by Crippen LogP contribution is -2.45. The third-order valence-corrected chi connectivity index (χ3v) is 5.93. The zero-order valence-corrected chi connectivity index (χ0v) is 16.5. The molecule has 0 saturated carbocycles. The highest BCUT2D eigenvalue weighted by Gasteiger charge is 2.29. The lowest BCUT2D eigenvalue weighted by Gasteiger charge is -2.32. The maximum absolute atomic E-state index is 12.6. The summed E-state index contributed by atoms with van der Waals surface area (Å²) >= 11 is 4.87. The molecule has 2 amide bonds. The molecule has 0 spiro atoms. The van der Waals surface area contributed by atoms with Crippen LogP contribution >= 0.6 is 27.3 Å². The maximum Gasteiger partial charge on any atom is 0.263 e. The number of amides is 2. The van der Waals surface area contributed by atoms with Crippen molar-refractivity contribution < 1.29 is 9.59 Å². The van der Waals surface area contributed by atoms with Crippen LogP contribution in [0.1, 0.15) is 41.0 Å². The van der Waals surface area contributed by atoms with Gasteiger partial charge < -0.3 is 10.2 Å². The number of carbonyl (C=O) groups is 2. The van der Waals surface area contributed by atoms with Gasteiger partial charge in [-0.1, -0.05) is 34.1 Å². The van der Waals surface area contributed by atoms with Crippen molar-refractivity contribution in [2.75, 3.05) is 13.1 Å². The Balaban J connectivity index is 1.60. The van der Waals surface area contributed by atoms with Gasteiger partial charge in [-0.15, -0.1) is 11.3 Å². The minimum absolute atomic E-state index is 0.0269. The summed E-state index contributed by atoms with van der Waals surface area (Å²) in [4.78, 5) is 27.7. The number of thiophene rings is 1. The summed E-state index contributed by atoms with van der Waals surface area (Å²) in [5.41, 5.74) is 1.07. The molecule has 1 aromatic heterocycles. The van der Waals surface area contributed by atoms with E-state index in [2.05, 4.69) is 21.2 Å².